The van der Waals surface area contributed by atoms with E-state index in [4.69, 9.17) is 45.5 Å². The predicted molar refractivity (Wildman–Crippen MR) is 298 cm³/mol. The van der Waals surface area contributed by atoms with Gasteiger partial charge in [-0.1, -0.05) is 0 Å². The van der Waals surface area contributed by atoms with Gasteiger partial charge in [-0.15, -0.1) is 0 Å². The maximum absolute atomic E-state index is 13.3. The summed E-state index contributed by atoms with van der Waals surface area (Å²) >= 11 is 0. The van der Waals surface area contributed by atoms with Crippen molar-refractivity contribution >= 4 is 48.3 Å². The average Bonchev–Trinajstić information content (AvgIpc) is 2.02. The second-order valence-corrected chi connectivity index (χ2v) is 26.8. The Kier molecular flexibility index (Phi) is 28.1. The molecule has 0 bridgehead atoms. The zero-order chi connectivity index (χ0) is 69.7. The SMILES string of the molecule is CC(C)(C)OC(=O)N1CCC(F)(F)CC1C#N.CC(C)(C)OC(=O)N1CCC(F)(F)CC1C(=O)O.CC(C)(C)OC(=O)N1CCC(F)(F)CC1C(N)=O.CC(C)(C)OC(=O)N1CCC(F)(F)CC1CN.COC(=O)C1CC(F)(F)CCN1C(=O)OC(C)(C)C. The standard InChI is InChI=1S/C12H19F2NO4.C11H18F2N2O3.C11H20F2N2O2.C11H16F2N2O2.C11H17F2NO4/c1-11(2,3)19-10(17)15-6-5-12(13,14)7-8(15)9(16)18-4;1-10(2,3)18-9(17)15-5-4-11(12,13)6-7(15)8(14)16;2*1-10(2,3)17-9(16)15-5-4-11(12,13)6-8(15)7-14;1-10(2,3)18-9(17)14-5-4-11(12,13)6-7(14)8(15)16/h8H,5-7H2,1-4H3;7H,4-6H2,1-3H3,(H2,14,16);8H,4-7,14H2,1-3H3;8H,4-6H2,1-3H3;7H,4-6H2,1-3H3,(H,15,16). The minimum absolute atomic E-state index is 0.0101. The molecule has 0 spiro atoms. The van der Waals surface area contributed by atoms with Crippen molar-refractivity contribution in [2.45, 2.75) is 256 Å². The van der Waals surface area contributed by atoms with Crippen molar-refractivity contribution < 1.29 is 116 Å². The summed E-state index contributed by atoms with van der Waals surface area (Å²) in [7, 11) is 1.10. The first-order chi connectivity index (χ1) is 39.9. The number of nitrogens with two attached hydrogens (primary N) is 2. The van der Waals surface area contributed by atoms with Crippen LogP contribution in [-0.2, 0) is 42.8 Å². The number of aliphatic carboxylic acids is 1. The van der Waals surface area contributed by atoms with E-state index in [9.17, 15) is 82.3 Å². The van der Waals surface area contributed by atoms with Gasteiger partial charge in [-0.2, -0.15) is 5.26 Å². The molecule has 514 valence electrons. The molecule has 5 aliphatic rings. The Bertz CT molecular complexity index is 2410. The Balaban J connectivity index is 0.000000557. The average molecular weight is 1310 g/mol. The lowest BCUT2D eigenvalue weighted by molar-refractivity contribution is -0.156. The highest BCUT2D eigenvalue weighted by atomic mass is 19.3. The number of rotatable bonds is 4. The smallest absolute Gasteiger partial charge is 0.411 e. The molecule has 5 saturated heterocycles. The van der Waals surface area contributed by atoms with Crippen LogP contribution in [0.5, 0.6) is 0 Å². The number of carbonyl (C=O) groups excluding carboxylic acids is 7. The molecule has 0 aromatic carbocycles. The molecule has 0 saturated carbocycles. The molecule has 6 amide bonds. The molecule has 23 nitrogen and oxygen atoms in total. The number of amides is 6. The fourth-order valence-electron chi connectivity index (χ4n) is 8.63. The van der Waals surface area contributed by atoms with Crippen LogP contribution in [0.2, 0.25) is 0 Å². The number of carbonyl (C=O) groups is 8. The van der Waals surface area contributed by atoms with Gasteiger partial charge in [0.1, 0.15) is 52.2 Å². The summed E-state index contributed by atoms with van der Waals surface area (Å²) in [6.07, 6.45) is -9.36. The van der Waals surface area contributed by atoms with Crippen molar-refractivity contribution in [1.29, 1.82) is 5.26 Å². The zero-order valence-corrected chi connectivity index (χ0v) is 53.5. The molecule has 5 aliphatic heterocycles. The van der Waals surface area contributed by atoms with E-state index in [0.29, 0.717) is 0 Å². The second-order valence-electron chi connectivity index (χ2n) is 26.8. The minimum atomic E-state index is -3.05. The van der Waals surface area contributed by atoms with Crippen molar-refractivity contribution in [2.24, 2.45) is 11.5 Å². The molecular weight excluding hydrogens is 1210 g/mol. The first-order valence-corrected chi connectivity index (χ1v) is 28.5. The third-order valence-corrected chi connectivity index (χ3v) is 12.7. The van der Waals surface area contributed by atoms with E-state index in [0.717, 1.165) is 26.7 Å². The van der Waals surface area contributed by atoms with E-state index in [2.05, 4.69) is 4.74 Å². The van der Waals surface area contributed by atoms with Crippen molar-refractivity contribution in [1.82, 2.24) is 24.5 Å². The van der Waals surface area contributed by atoms with Gasteiger partial charge in [0.05, 0.1) is 19.2 Å². The fourth-order valence-corrected chi connectivity index (χ4v) is 8.63. The number of alkyl halides is 10. The Morgan fingerprint density at radius 2 is 0.708 bits per heavy atom. The Morgan fingerprint density at radius 3 is 1.01 bits per heavy atom. The first kappa shape index (κ1) is 80.5. The number of hydrogen-bond donors (Lipinski definition) is 3. The van der Waals surface area contributed by atoms with E-state index in [1.807, 2.05) is 0 Å². The molecule has 5 fully saturated rings. The highest BCUT2D eigenvalue weighted by Gasteiger charge is 2.50. The number of nitriles is 1. The van der Waals surface area contributed by atoms with Crippen molar-refractivity contribution in [2.75, 3.05) is 46.4 Å². The Labute approximate surface area is 512 Å². The molecule has 5 atom stereocenters. The third-order valence-electron chi connectivity index (χ3n) is 12.7. The quantitative estimate of drug-likeness (QED) is 0.134. The normalized spacial score (nSPS) is 23.7. The summed E-state index contributed by atoms with van der Waals surface area (Å²) in [4.78, 5) is 97.8. The van der Waals surface area contributed by atoms with Crippen LogP contribution < -0.4 is 11.5 Å². The lowest BCUT2D eigenvalue weighted by atomic mass is 9.98. The molecule has 0 aliphatic carbocycles. The Hall–Kier alpha value is -6.49. The van der Waals surface area contributed by atoms with Crippen LogP contribution in [0.1, 0.15) is 168 Å². The molecule has 0 aromatic heterocycles. The van der Waals surface area contributed by atoms with Gasteiger partial charge in [-0.3, -0.25) is 24.4 Å². The lowest BCUT2D eigenvalue weighted by Crippen LogP contribution is -2.56. The summed E-state index contributed by atoms with van der Waals surface area (Å²) in [5, 5.41) is 17.7. The fraction of sp³-hybridized carbons (Fsp3) is 0.839. The number of piperidine rings is 5. The molecule has 0 radical (unpaired) electrons. The number of carboxylic acid groups (broad SMARTS) is 1. The van der Waals surface area contributed by atoms with Gasteiger partial charge in [0.2, 0.25) is 5.91 Å². The van der Waals surface area contributed by atoms with Gasteiger partial charge in [-0.25, -0.2) is 77.5 Å². The van der Waals surface area contributed by atoms with Crippen LogP contribution in [0.25, 0.3) is 0 Å². The number of esters is 1. The monoisotopic (exact) mass is 1300 g/mol. The Morgan fingerprint density at radius 1 is 0.449 bits per heavy atom. The molecule has 0 aromatic rings. The van der Waals surface area contributed by atoms with E-state index < -0.39 is 188 Å². The first-order valence-electron chi connectivity index (χ1n) is 28.5. The number of ether oxygens (including phenoxy) is 6. The minimum Gasteiger partial charge on any atom is -0.480 e. The van der Waals surface area contributed by atoms with Gasteiger partial charge in [0.25, 0.3) is 29.6 Å². The molecule has 5 N–H and O–H groups in total. The second kappa shape index (κ2) is 31.0. The van der Waals surface area contributed by atoms with E-state index in [-0.39, 0.29) is 52.1 Å². The van der Waals surface area contributed by atoms with Crippen LogP contribution >= 0.6 is 0 Å². The summed E-state index contributed by atoms with van der Waals surface area (Å²) in [6.45, 7) is 24.2. The van der Waals surface area contributed by atoms with Crippen LogP contribution in [-0.4, -0.2) is 212 Å². The van der Waals surface area contributed by atoms with Crippen LogP contribution in [0.15, 0.2) is 0 Å². The number of primary amides is 1. The largest absolute Gasteiger partial charge is 0.480 e. The predicted octanol–water partition coefficient (Wildman–Crippen LogP) is 10.3. The summed E-state index contributed by atoms with van der Waals surface area (Å²) in [5.74, 6) is -17.9. The van der Waals surface area contributed by atoms with Gasteiger partial charge in [0, 0.05) is 103 Å². The molecule has 33 heteroatoms. The lowest BCUT2D eigenvalue weighted by Gasteiger charge is -2.39. The molecule has 5 heterocycles. The van der Waals surface area contributed by atoms with Gasteiger partial charge < -0.3 is 49.9 Å². The number of carboxylic acids is 1. The van der Waals surface area contributed by atoms with Crippen molar-refractivity contribution in [3.05, 3.63) is 0 Å². The molecule has 5 rings (SSSR count). The van der Waals surface area contributed by atoms with Gasteiger partial charge in [-0.05, 0) is 104 Å². The topological polar surface area (TPSA) is 304 Å². The molecule has 89 heavy (non-hydrogen) atoms. The third kappa shape index (κ3) is 29.8. The summed E-state index contributed by atoms with van der Waals surface area (Å²) in [6, 6.07) is -4.20. The maximum atomic E-state index is 13.3. The summed E-state index contributed by atoms with van der Waals surface area (Å²) in [5.41, 5.74) is 6.87. The van der Waals surface area contributed by atoms with Crippen LogP contribution in [0.3, 0.4) is 0 Å². The number of halogens is 10. The van der Waals surface area contributed by atoms with Gasteiger partial charge in [0.15, 0.2) is 0 Å². The van der Waals surface area contributed by atoms with Crippen molar-refractivity contribution in [3.8, 4) is 6.07 Å². The van der Waals surface area contributed by atoms with E-state index in [1.165, 1.54) is 4.90 Å². The van der Waals surface area contributed by atoms with Crippen LogP contribution in [0.4, 0.5) is 67.9 Å². The number of likely N-dealkylation sites (tertiary alicyclic amines) is 5. The van der Waals surface area contributed by atoms with Crippen LogP contribution in [0, 0.1) is 11.3 Å². The zero-order valence-electron chi connectivity index (χ0n) is 53.5. The number of nitrogens with zero attached hydrogens (tertiary/aromatic N) is 6. The number of methoxy groups -OCH3 is 1. The van der Waals surface area contributed by atoms with E-state index >= 15 is 0 Å². The highest BCUT2D eigenvalue weighted by Crippen LogP contribution is 2.37. The summed E-state index contributed by atoms with van der Waals surface area (Å²) < 4.78 is 162. The molecule has 5 unspecified atom stereocenters. The number of hydrogen-bond acceptors (Lipinski definition) is 16. The van der Waals surface area contributed by atoms with Gasteiger partial charge >= 0.3 is 42.4 Å². The van der Waals surface area contributed by atoms with E-state index in [1.54, 1.807) is 110 Å². The highest BCUT2D eigenvalue weighted by molar-refractivity contribution is 5.85. The maximum Gasteiger partial charge on any atom is 0.411 e. The molecular formula is C56H90F10N8O15. The van der Waals surface area contributed by atoms with Crippen molar-refractivity contribution in [3.63, 3.8) is 0 Å².